The van der Waals surface area contributed by atoms with Gasteiger partial charge in [0.05, 0.1) is 12.0 Å². The van der Waals surface area contributed by atoms with Gasteiger partial charge in [-0.05, 0) is 18.1 Å². The van der Waals surface area contributed by atoms with Gasteiger partial charge in [-0.1, -0.05) is 18.2 Å². The van der Waals surface area contributed by atoms with Crippen LogP contribution in [-0.2, 0) is 14.4 Å². The molecule has 1 heterocycles. The van der Waals surface area contributed by atoms with Crippen LogP contribution in [0.3, 0.4) is 0 Å². The first-order chi connectivity index (χ1) is 11.3. The fraction of sp³-hybridized carbons (Fsp3) is 0.312. The van der Waals surface area contributed by atoms with Crippen molar-refractivity contribution in [1.29, 1.82) is 0 Å². The summed E-state index contributed by atoms with van der Waals surface area (Å²) in [5.74, 6) is -4.16. The molecule has 1 aromatic heterocycles. The van der Waals surface area contributed by atoms with Crippen molar-refractivity contribution in [3.05, 3.63) is 36.0 Å². The molecule has 0 spiro atoms. The van der Waals surface area contributed by atoms with Gasteiger partial charge in [-0.2, -0.15) is 0 Å². The molecule has 2 rings (SSSR count). The van der Waals surface area contributed by atoms with Crippen molar-refractivity contribution < 1.29 is 24.6 Å². The third-order valence-corrected chi connectivity index (χ3v) is 3.94. The number of hydrogen-bond donors (Lipinski definition) is 5. The number of rotatable bonds is 8. The third-order valence-electron chi connectivity index (χ3n) is 3.94. The van der Waals surface area contributed by atoms with Crippen LogP contribution in [0.5, 0.6) is 0 Å². The summed E-state index contributed by atoms with van der Waals surface area (Å²) < 4.78 is 0. The molecule has 7 N–H and O–H groups in total. The minimum atomic E-state index is -1.48. The van der Waals surface area contributed by atoms with Gasteiger partial charge in [-0.25, -0.2) is 0 Å². The van der Waals surface area contributed by atoms with Crippen molar-refractivity contribution in [1.82, 2.24) is 4.98 Å². The number of aromatic amines is 1. The second kappa shape index (κ2) is 7.24. The Morgan fingerprint density at radius 3 is 2.42 bits per heavy atom. The van der Waals surface area contributed by atoms with E-state index in [-0.39, 0.29) is 12.8 Å². The molecular weight excluding hydrogens is 314 g/mol. The molecule has 3 atom stereocenters. The number of carboxylic acids is 2. The highest BCUT2D eigenvalue weighted by Gasteiger charge is 2.36. The molecule has 0 saturated heterocycles. The van der Waals surface area contributed by atoms with Crippen molar-refractivity contribution in [3.8, 4) is 0 Å². The number of carboxylic acid groups (broad SMARTS) is 2. The number of aromatic nitrogens is 1. The molecule has 0 bridgehead atoms. The van der Waals surface area contributed by atoms with Crippen LogP contribution in [0.25, 0.3) is 10.9 Å². The van der Waals surface area contributed by atoms with Gasteiger partial charge in [0.15, 0.2) is 5.78 Å². The molecule has 1 aromatic carbocycles. The summed E-state index contributed by atoms with van der Waals surface area (Å²) >= 11 is 0. The second-order valence-corrected chi connectivity index (χ2v) is 5.57. The highest BCUT2D eigenvalue weighted by Crippen LogP contribution is 2.29. The van der Waals surface area contributed by atoms with Gasteiger partial charge in [-0.15, -0.1) is 0 Å². The first-order valence-electron chi connectivity index (χ1n) is 7.38. The largest absolute Gasteiger partial charge is 0.481 e. The average molecular weight is 333 g/mol. The topological polar surface area (TPSA) is 160 Å². The van der Waals surface area contributed by atoms with Crippen LogP contribution in [0.2, 0.25) is 0 Å². The number of ketones is 1. The number of para-hydroxylation sites is 1. The van der Waals surface area contributed by atoms with Gasteiger partial charge in [-0.3, -0.25) is 14.4 Å². The van der Waals surface area contributed by atoms with E-state index in [1.165, 1.54) is 0 Å². The molecule has 0 radical (unpaired) electrons. The predicted molar refractivity (Wildman–Crippen MR) is 86.5 cm³/mol. The maximum absolute atomic E-state index is 12.7. The molecule has 0 amide bonds. The molecule has 0 aliphatic rings. The molecule has 0 aliphatic heterocycles. The maximum Gasteiger partial charge on any atom is 0.321 e. The molecule has 24 heavy (non-hydrogen) atoms. The molecule has 8 heteroatoms. The van der Waals surface area contributed by atoms with E-state index in [0.717, 1.165) is 5.52 Å². The summed E-state index contributed by atoms with van der Waals surface area (Å²) in [6.07, 6.45) is 1.18. The summed E-state index contributed by atoms with van der Waals surface area (Å²) in [6, 6.07) is 4.51. The van der Waals surface area contributed by atoms with E-state index in [1.54, 1.807) is 30.5 Å². The van der Waals surface area contributed by atoms with Crippen LogP contribution in [0.4, 0.5) is 0 Å². The summed E-state index contributed by atoms with van der Waals surface area (Å²) in [7, 11) is 0. The SMILES string of the molecule is N[C@H](CCC(=O)O)C(=O)C(c1c[nH]c2ccccc12)[C@H](N)C(=O)O. The van der Waals surface area contributed by atoms with Crippen LogP contribution in [0.15, 0.2) is 30.5 Å². The van der Waals surface area contributed by atoms with E-state index in [9.17, 15) is 19.5 Å². The molecule has 2 aromatic rings. The van der Waals surface area contributed by atoms with Crippen molar-refractivity contribution in [2.45, 2.75) is 30.8 Å². The van der Waals surface area contributed by atoms with Crippen molar-refractivity contribution >= 4 is 28.6 Å². The van der Waals surface area contributed by atoms with Gasteiger partial charge in [0.25, 0.3) is 0 Å². The summed E-state index contributed by atoms with van der Waals surface area (Å²) in [5, 5.41) is 18.6. The van der Waals surface area contributed by atoms with Crippen LogP contribution in [0.1, 0.15) is 24.3 Å². The zero-order valence-electron chi connectivity index (χ0n) is 12.8. The van der Waals surface area contributed by atoms with Gasteiger partial charge < -0.3 is 26.7 Å². The number of benzene rings is 1. The maximum atomic E-state index is 12.7. The Morgan fingerprint density at radius 2 is 1.79 bits per heavy atom. The number of hydrogen-bond acceptors (Lipinski definition) is 5. The smallest absolute Gasteiger partial charge is 0.321 e. The lowest BCUT2D eigenvalue weighted by atomic mass is 9.84. The Balaban J connectivity index is 2.40. The molecule has 1 unspecified atom stereocenters. The minimum Gasteiger partial charge on any atom is -0.481 e. The van der Waals surface area contributed by atoms with Gasteiger partial charge in [0.2, 0.25) is 0 Å². The van der Waals surface area contributed by atoms with Crippen molar-refractivity contribution in [3.63, 3.8) is 0 Å². The third kappa shape index (κ3) is 3.61. The van der Waals surface area contributed by atoms with Gasteiger partial charge >= 0.3 is 11.9 Å². The lowest BCUT2D eigenvalue weighted by Gasteiger charge is -2.22. The van der Waals surface area contributed by atoms with Crippen LogP contribution < -0.4 is 11.5 Å². The Kier molecular flexibility index (Phi) is 5.32. The average Bonchev–Trinajstić information content (AvgIpc) is 2.96. The lowest BCUT2D eigenvalue weighted by molar-refractivity contribution is -0.141. The number of nitrogens with two attached hydrogens (primary N) is 2. The number of carbonyl (C=O) groups is 3. The quantitative estimate of drug-likeness (QED) is 0.468. The molecule has 0 saturated carbocycles. The highest BCUT2D eigenvalue weighted by molar-refractivity contribution is 5.99. The van der Waals surface area contributed by atoms with Gasteiger partial charge in [0.1, 0.15) is 6.04 Å². The monoisotopic (exact) mass is 333 g/mol. The Bertz CT molecular complexity index is 770. The Labute approximate surface area is 137 Å². The minimum absolute atomic E-state index is 0.0840. The van der Waals surface area contributed by atoms with Crippen molar-refractivity contribution in [2.24, 2.45) is 11.5 Å². The molecule has 8 nitrogen and oxygen atoms in total. The first kappa shape index (κ1) is 17.6. The zero-order chi connectivity index (χ0) is 17.9. The highest BCUT2D eigenvalue weighted by atomic mass is 16.4. The van der Waals surface area contributed by atoms with E-state index < -0.39 is 35.7 Å². The molecule has 0 aliphatic carbocycles. The zero-order valence-corrected chi connectivity index (χ0v) is 12.8. The van der Waals surface area contributed by atoms with Crippen molar-refractivity contribution in [2.75, 3.05) is 0 Å². The van der Waals surface area contributed by atoms with E-state index >= 15 is 0 Å². The van der Waals surface area contributed by atoms with E-state index in [2.05, 4.69) is 4.98 Å². The lowest BCUT2D eigenvalue weighted by Crippen LogP contribution is -2.46. The molecule has 0 fully saturated rings. The number of H-pyrrole nitrogens is 1. The van der Waals surface area contributed by atoms with Gasteiger partial charge in [0, 0.05) is 23.5 Å². The van der Waals surface area contributed by atoms with E-state index in [4.69, 9.17) is 16.6 Å². The second-order valence-electron chi connectivity index (χ2n) is 5.57. The number of nitrogens with one attached hydrogen (secondary N) is 1. The van der Waals surface area contributed by atoms with Crippen LogP contribution in [0, 0.1) is 0 Å². The van der Waals surface area contributed by atoms with E-state index in [1.807, 2.05) is 0 Å². The Morgan fingerprint density at radius 1 is 1.12 bits per heavy atom. The molecular formula is C16H19N3O5. The fourth-order valence-corrected chi connectivity index (χ4v) is 2.67. The number of aliphatic carboxylic acids is 2. The summed E-state index contributed by atoms with van der Waals surface area (Å²) in [6.45, 7) is 0. The summed E-state index contributed by atoms with van der Waals surface area (Å²) in [4.78, 5) is 37.6. The fourth-order valence-electron chi connectivity index (χ4n) is 2.67. The molecule has 128 valence electrons. The normalized spacial score (nSPS) is 14.9. The number of fused-ring (bicyclic) bond motifs is 1. The first-order valence-corrected chi connectivity index (χ1v) is 7.38. The van der Waals surface area contributed by atoms with E-state index in [0.29, 0.717) is 10.9 Å². The standard InChI is InChI=1S/C16H19N3O5/c17-10(5-6-12(20)21)15(22)13(14(18)16(23)24)9-7-19-11-4-2-1-3-8(9)11/h1-4,7,10,13-14,19H,5-6,17-18H2,(H,20,21)(H,23,24)/t10-,13?,14+/m1/s1. The number of Topliss-reactive ketones (excluding diaryl/α,β-unsaturated/α-hetero) is 1. The predicted octanol–water partition coefficient (Wildman–Crippen LogP) is 0.425. The Hall–Kier alpha value is -2.71. The summed E-state index contributed by atoms with van der Waals surface area (Å²) in [5.41, 5.74) is 12.7. The number of carbonyl (C=O) groups excluding carboxylic acids is 1. The van der Waals surface area contributed by atoms with Crippen LogP contribution >= 0.6 is 0 Å². The van der Waals surface area contributed by atoms with Crippen LogP contribution in [-0.4, -0.2) is 45.0 Å².